The molecule has 0 spiro atoms. The van der Waals surface area contributed by atoms with Crippen LogP contribution < -0.4 is 5.73 Å². The number of nitrogens with two attached hydrogens (primary N) is 1. The summed E-state index contributed by atoms with van der Waals surface area (Å²) < 4.78 is 1.94. The summed E-state index contributed by atoms with van der Waals surface area (Å²) in [4.78, 5) is 4.98. The smallest absolute Gasteiger partial charge is 0.0540 e. The molecular formula is C14H27N5. The topological polar surface area (TPSA) is 50.3 Å². The molecule has 0 aromatic carbocycles. The van der Waals surface area contributed by atoms with Gasteiger partial charge in [-0.25, -0.2) is 0 Å². The summed E-state index contributed by atoms with van der Waals surface area (Å²) >= 11 is 0. The molecule has 1 aromatic heterocycles. The maximum Gasteiger partial charge on any atom is 0.0540 e. The maximum atomic E-state index is 6.04. The van der Waals surface area contributed by atoms with E-state index in [1.54, 1.807) is 0 Å². The van der Waals surface area contributed by atoms with Gasteiger partial charge >= 0.3 is 0 Å². The van der Waals surface area contributed by atoms with Gasteiger partial charge in [0.15, 0.2) is 0 Å². The maximum absolute atomic E-state index is 6.04. The third-order valence-electron chi connectivity index (χ3n) is 4.58. The van der Waals surface area contributed by atoms with Gasteiger partial charge in [-0.05, 0) is 20.4 Å². The van der Waals surface area contributed by atoms with Crippen molar-refractivity contribution in [2.75, 3.05) is 33.2 Å². The molecule has 0 bridgehead atoms. The zero-order valence-electron chi connectivity index (χ0n) is 12.6. The number of aryl methyl sites for hydroxylation is 1. The van der Waals surface area contributed by atoms with E-state index in [9.17, 15) is 0 Å². The van der Waals surface area contributed by atoms with Crippen LogP contribution in [0.5, 0.6) is 0 Å². The number of rotatable bonds is 4. The summed E-state index contributed by atoms with van der Waals surface area (Å²) in [6.45, 7) is 8.35. The fourth-order valence-electron chi connectivity index (χ4n) is 3.01. The lowest BCUT2D eigenvalue weighted by Crippen LogP contribution is -2.53. The molecule has 2 rings (SSSR count). The first kappa shape index (κ1) is 14.5. The Morgan fingerprint density at radius 2 is 2.16 bits per heavy atom. The molecule has 2 N–H and O–H groups in total. The Morgan fingerprint density at radius 1 is 1.42 bits per heavy atom. The van der Waals surface area contributed by atoms with Crippen LogP contribution >= 0.6 is 0 Å². The molecule has 0 saturated carbocycles. The minimum atomic E-state index is 0.302. The predicted octanol–water partition coefficient (Wildman–Crippen LogP) is 0.754. The highest BCUT2D eigenvalue weighted by atomic mass is 15.3. The Morgan fingerprint density at radius 3 is 2.68 bits per heavy atom. The summed E-state index contributed by atoms with van der Waals surface area (Å²) in [6, 6.07) is 0.941. The summed E-state index contributed by atoms with van der Waals surface area (Å²) in [5.41, 5.74) is 8.55. The van der Waals surface area contributed by atoms with E-state index in [0.29, 0.717) is 18.6 Å². The van der Waals surface area contributed by atoms with E-state index in [4.69, 9.17) is 5.73 Å². The van der Waals surface area contributed by atoms with E-state index in [-0.39, 0.29) is 0 Å². The number of nitrogens with zero attached hydrogens (tertiary/aromatic N) is 4. The molecule has 0 aliphatic carbocycles. The Hall–Kier alpha value is -0.910. The SMILES string of the molecule is CCC1CN(C(CN)c2cnn(C)c2C)CCN1C. The summed E-state index contributed by atoms with van der Waals surface area (Å²) in [7, 11) is 4.21. The molecule has 2 heterocycles. The quantitative estimate of drug-likeness (QED) is 0.873. The van der Waals surface area contributed by atoms with Crippen LogP contribution in [-0.4, -0.2) is 58.8 Å². The Labute approximate surface area is 116 Å². The van der Waals surface area contributed by atoms with Gasteiger partial charge in [0.1, 0.15) is 0 Å². The number of piperazine rings is 1. The third kappa shape index (κ3) is 2.83. The van der Waals surface area contributed by atoms with Crippen molar-refractivity contribution in [1.82, 2.24) is 19.6 Å². The van der Waals surface area contributed by atoms with Crippen molar-refractivity contribution in [2.45, 2.75) is 32.4 Å². The van der Waals surface area contributed by atoms with Gasteiger partial charge in [-0.3, -0.25) is 9.58 Å². The Bertz CT molecular complexity index is 414. The molecule has 19 heavy (non-hydrogen) atoms. The molecule has 1 saturated heterocycles. The van der Waals surface area contributed by atoms with Crippen molar-refractivity contribution in [1.29, 1.82) is 0 Å². The van der Waals surface area contributed by atoms with Crippen molar-refractivity contribution in [3.05, 3.63) is 17.5 Å². The average molecular weight is 265 g/mol. The fourth-order valence-corrected chi connectivity index (χ4v) is 3.01. The third-order valence-corrected chi connectivity index (χ3v) is 4.58. The molecule has 1 aliphatic heterocycles. The zero-order chi connectivity index (χ0) is 14.0. The zero-order valence-corrected chi connectivity index (χ0v) is 12.6. The molecule has 5 nitrogen and oxygen atoms in total. The monoisotopic (exact) mass is 265 g/mol. The van der Waals surface area contributed by atoms with Crippen LogP contribution in [0.2, 0.25) is 0 Å². The van der Waals surface area contributed by atoms with Crippen LogP contribution in [-0.2, 0) is 7.05 Å². The first-order chi connectivity index (χ1) is 9.08. The molecule has 2 atom stereocenters. The minimum Gasteiger partial charge on any atom is -0.329 e. The van der Waals surface area contributed by atoms with Crippen molar-refractivity contribution in [3.8, 4) is 0 Å². The van der Waals surface area contributed by atoms with Gasteiger partial charge < -0.3 is 10.6 Å². The van der Waals surface area contributed by atoms with Gasteiger partial charge in [-0.2, -0.15) is 5.10 Å². The predicted molar refractivity (Wildman–Crippen MR) is 78.0 cm³/mol. The number of hydrogen-bond donors (Lipinski definition) is 1. The first-order valence-electron chi connectivity index (χ1n) is 7.21. The molecule has 1 aromatic rings. The molecule has 108 valence electrons. The van der Waals surface area contributed by atoms with E-state index in [1.807, 2.05) is 17.9 Å². The normalized spacial score (nSPS) is 23.7. The van der Waals surface area contributed by atoms with Crippen molar-refractivity contribution in [3.63, 3.8) is 0 Å². The highest BCUT2D eigenvalue weighted by molar-refractivity contribution is 5.21. The molecule has 0 amide bonds. The van der Waals surface area contributed by atoms with Gasteiger partial charge in [0, 0.05) is 50.5 Å². The summed E-state index contributed by atoms with van der Waals surface area (Å²) in [6.07, 6.45) is 3.17. The van der Waals surface area contributed by atoms with Crippen molar-refractivity contribution < 1.29 is 0 Å². The average Bonchev–Trinajstić information content (AvgIpc) is 2.74. The van der Waals surface area contributed by atoms with Gasteiger partial charge in [0.05, 0.1) is 12.2 Å². The van der Waals surface area contributed by atoms with E-state index >= 15 is 0 Å². The van der Waals surface area contributed by atoms with Gasteiger partial charge in [0.2, 0.25) is 0 Å². The first-order valence-corrected chi connectivity index (χ1v) is 7.21. The summed E-state index contributed by atoms with van der Waals surface area (Å²) in [5.74, 6) is 0. The number of aromatic nitrogens is 2. The molecule has 5 heteroatoms. The lowest BCUT2D eigenvalue weighted by atomic mass is 10.0. The lowest BCUT2D eigenvalue weighted by Gasteiger charge is -2.42. The van der Waals surface area contributed by atoms with Crippen LogP contribution in [0.4, 0.5) is 0 Å². The molecule has 2 unspecified atom stereocenters. The van der Waals surface area contributed by atoms with Crippen LogP contribution in [0.15, 0.2) is 6.20 Å². The molecular weight excluding hydrogens is 238 g/mol. The van der Waals surface area contributed by atoms with E-state index in [2.05, 4.69) is 35.8 Å². The van der Waals surface area contributed by atoms with Crippen LogP contribution in [0.25, 0.3) is 0 Å². The van der Waals surface area contributed by atoms with Gasteiger partial charge in [-0.1, -0.05) is 6.92 Å². The molecule has 1 aliphatic rings. The number of hydrogen-bond acceptors (Lipinski definition) is 4. The molecule has 1 fully saturated rings. The van der Waals surface area contributed by atoms with Gasteiger partial charge in [0.25, 0.3) is 0 Å². The van der Waals surface area contributed by atoms with Crippen molar-refractivity contribution in [2.24, 2.45) is 12.8 Å². The fraction of sp³-hybridized carbons (Fsp3) is 0.786. The summed E-state index contributed by atoms with van der Waals surface area (Å²) in [5, 5.41) is 4.36. The highest BCUT2D eigenvalue weighted by Crippen LogP contribution is 2.25. The molecule has 0 radical (unpaired) electrons. The van der Waals surface area contributed by atoms with Crippen LogP contribution in [0, 0.1) is 6.92 Å². The standard InChI is InChI=1S/C14H27N5/c1-5-12-10-19(7-6-17(12)3)14(8-15)13-9-16-18(4)11(13)2/h9,12,14H,5-8,10,15H2,1-4H3. The largest absolute Gasteiger partial charge is 0.329 e. The second-order valence-electron chi connectivity index (χ2n) is 5.60. The van der Waals surface area contributed by atoms with Crippen LogP contribution in [0.1, 0.15) is 30.6 Å². The van der Waals surface area contributed by atoms with Crippen LogP contribution in [0.3, 0.4) is 0 Å². The second kappa shape index (κ2) is 6.03. The minimum absolute atomic E-state index is 0.302. The highest BCUT2D eigenvalue weighted by Gasteiger charge is 2.29. The van der Waals surface area contributed by atoms with E-state index in [1.165, 1.54) is 17.7 Å². The van der Waals surface area contributed by atoms with E-state index < -0.39 is 0 Å². The lowest BCUT2D eigenvalue weighted by molar-refractivity contribution is 0.0642. The number of likely N-dealkylation sites (N-methyl/N-ethyl adjacent to an activating group) is 1. The second-order valence-corrected chi connectivity index (χ2v) is 5.60. The Balaban J connectivity index is 2.16. The van der Waals surface area contributed by atoms with Crippen molar-refractivity contribution >= 4 is 0 Å². The van der Waals surface area contributed by atoms with E-state index in [0.717, 1.165) is 19.6 Å². The Kier molecular flexibility index (Phi) is 4.60. The van der Waals surface area contributed by atoms with Gasteiger partial charge in [-0.15, -0.1) is 0 Å².